The lowest BCUT2D eigenvalue weighted by Gasteiger charge is -2.14. The zero-order chi connectivity index (χ0) is 25.9. The molecule has 0 saturated heterocycles. The predicted octanol–water partition coefficient (Wildman–Crippen LogP) is 6.64. The van der Waals surface area contributed by atoms with Crippen molar-refractivity contribution in [2.45, 2.75) is 26.9 Å². The Labute approximate surface area is 224 Å². The molecule has 0 fully saturated rings. The molecule has 190 valence electrons. The van der Waals surface area contributed by atoms with E-state index in [1.54, 1.807) is 31.4 Å². The Morgan fingerprint density at radius 3 is 2.58 bits per heavy atom. The fourth-order valence-corrected chi connectivity index (χ4v) is 4.00. The first-order valence-corrected chi connectivity index (χ1v) is 12.6. The first-order chi connectivity index (χ1) is 17.4. The first kappa shape index (κ1) is 27.4. The van der Waals surface area contributed by atoms with Crippen LogP contribution in [0.5, 0.6) is 23.0 Å². The summed E-state index contributed by atoms with van der Waals surface area (Å²) in [5, 5.41) is 4.73. The van der Waals surface area contributed by atoms with E-state index >= 15 is 0 Å². The van der Waals surface area contributed by atoms with Gasteiger partial charge in [0.1, 0.15) is 6.61 Å². The molecule has 0 saturated carbocycles. The van der Waals surface area contributed by atoms with Crippen LogP contribution in [0.15, 0.2) is 64.2 Å². The smallest absolute Gasteiger partial charge is 0.271 e. The highest BCUT2D eigenvalue weighted by molar-refractivity contribution is 9.10. The minimum Gasteiger partial charge on any atom is -0.493 e. The molecule has 0 aliphatic heterocycles. The number of halogens is 2. The number of methoxy groups -OCH3 is 1. The van der Waals surface area contributed by atoms with Crippen LogP contribution in [-0.4, -0.2) is 32.4 Å². The maximum Gasteiger partial charge on any atom is 0.271 e. The number of nitrogens with zero attached hydrogens (tertiary/aromatic N) is 1. The van der Waals surface area contributed by atoms with Gasteiger partial charge in [-0.15, -0.1) is 0 Å². The van der Waals surface area contributed by atoms with E-state index in [1.807, 2.05) is 44.2 Å². The summed E-state index contributed by atoms with van der Waals surface area (Å²) in [6.07, 6.45) is 2.40. The van der Waals surface area contributed by atoms with Crippen LogP contribution in [0.1, 0.15) is 41.8 Å². The van der Waals surface area contributed by atoms with Gasteiger partial charge in [0.2, 0.25) is 0 Å². The molecule has 0 aliphatic carbocycles. The molecule has 36 heavy (non-hydrogen) atoms. The molecule has 0 atom stereocenters. The normalized spacial score (nSPS) is 10.8. The van der Waals surface area contributed by atoms with Crippen molar-refractivity contribution in [2.24, 2.45) is 5.10 Å². The average molecular weight is 576 g/mol. The number of rotatable bonds is 12. The molecule has 1 N–H and O–H groups in total. The molecule has 0 aromatic heterocycles. The summed E-state index contributed by atoms with van der Waals surface area (Å²) in [6.45, 7) is 5.25. The second kappa shape index (κ2) is 13.8. The molecule has 3 rings (SSSR count). The summed E-state index contributed by atoms with van der Waals surface area (Å²) in [4.78, 5) is 12.6. The molecule has 3 aromatic rings. The van der Waals surface area contributed by atoms with Crippen molar-refractivity contribution >= 4 is 39.7 Å². The third kappa shape index (κ3) is 7.63. The second-order valence-corrected chi connectivity index (χ2v) is 8.89. The molecule has 0 heterocycles. The number of carbonyl (C=O) groups is 1. The van der Waals surface area contributed by atoms with Crippen LogP contribution >= 0.6 is 27.5 Å². The van der Waals surface area contributed by atoms with Gasteiger partial charge in [0.05, 0.1) is 31.0 Å². The van der Waals surface area contributed by atoms with Crippen molar-refractivity contribution in [1.82, 2.24) is 5.43 Å². The van der Waals surface area contributed by atoms with Gasteiger partial charge in [-0.2, -0.15) is 5.10 Å². The highest BCUT2D eigenvalue weighted by atomic mass is 79.9. The van der Waals surface area contributed by atoms with Crippen molar-refractivity contribution in [3.05, 3.63) is 80.8 Å². The largest absolute Gasteiger partial charge is 0.493 e. The van der Waals surface area contributed by atoms with Gasteiger partial charge in [0.25, 0.3) is 5.91 Å². The maximum atomic E-state index is 12.6. The van der Waals surface area contributed by atoms with Crippen LogP contribution in [0.2, 0.25) is 5.02 Å². The number of benzene rings is 3. The Hall–Kier alpha value is -3.23. The summed E-state index contributed by atoms with van der Waals surface area (Å²) in [6, 6.07) is 16.1. The second-order valence-electron chi connectivity index (χ2n) is 7.59. The van der Waals surface area contributed by atoms with E-state index < -0.39 is 0 Å². The highest BCUT2D eigenvalue weighted by Crippen LogP contribution is 2.37. The van der Waals surface area contributed by atoms with Gasteiger partial charge in [-0.05, 0) is 82.9 Å². The number of hydrogen-bond donors (Lipinski definition) is 1. The summed E-state index contributed by atoms with van der Waals surface area (Å²) >= 11 is 9.57. The lowest BCUT2D eigenvalue weighted by Crippen LogP contribution is -2.17. The van der Waals surface area contributed by atoms with Gasteiger partial charge in [-0.25, -0.2) is 5.43 Å². The van der Waals surface area contributed by atoms with Crippen molar-refractivity contribution in [2.75, 3.05) is 20.3 Å². The molecule has 7 nitrogen and oxygen atoms in total. The number of hydrazone groups is 1. The zero-order valence-corrected chi connectivity index (χ0v) is 22.7. The Bertz CT molecular complexity index is 1220. The summed E-state index contributed by atoms with van der Waals surface area (Å²) < 4.78 is 23.4. The SMILES string of the molecule is CCCOc1ccc(C(=O)N/N=C/c2cc(Br)c(OCc3cccc(Cl)c3)c(OC)c2)cc1OCC. The van der Waals surface area contributed by atoms with Crippen LogP contribution in [0.4, 0.5) is 0 Å². The van der Waals surface area contributed by atoms with Crippen LogP contribution in [-0.2, 0) is 6.61 Å². The van der Waals surface area contributed by atoms with Gasteiger partial charge in [-0.1, -0.05) is 30.7 Å². The summed E-state index contributed by atoms with van der Waals surface area (Å²) in [5.41, 5.74) is 4.58. The topological polar surface area (TPSA) is 78.4 Å². The van der Waals surface area contributed by atoms with Crippen LogP contribution < -0.4 is 24.4 Å². The minimum atomic E-state index is -0.373. The highest BCUT2D eigenvalue weighted by Gasteiger charge is 2.13. The van der Waals surface area contributed by atoms with E-state index in [0.717, 1.165) is 12.0 Å². The Balaban J connectivity index is 1.68. The van der Waals surface area contributed by atoms with E-state index in [9.17, 15) is 4.79 Å². The van der Waals surface area contributed by atoms with Crippen LogP contribution in [0.25, 0.3) is 0 Å². The number of carbonyl (C=O) groups excluding carboxylic acids is 1. The van der Waals surface area contributed by atoms with Crippen molar-refractivity contribution in [1.29, 1.82) is 0 Å². The molecule has 0 spiro atoms. The lowest BCUT2D eigenvalue weighted by molar-refractivity contribution is 0.0954. The van der Waals surface area contributed by atoms with Gasteiger partial charge in [0.15, 0.2) is 23.0 Å². The van der Waals surface area contributed by atoms with Gasteiger partial charge in [-0.3, -0.25) is 4.79 Å². The standard InChI is InChI=1S/C27H28BrClN2O5/c1-4-11-35-23-10-9-20(15-24(23)34-5-2)27(32)31-30-16-19-13-22(28)26(25(14-19)33-3)36-17-18-7-6-8-21(29)12-18/h6-10,12-16H,4-5,11,17H2,1-3H3,(H,31,32)/b30-16+. The summed E-state index contributed by atoms with van der Waals surface area (Å²) in [5.74, 6) is 1.82. The van der Waals surface area contributed by atoms with Crippen molar-refractivity contribution < 1.29 is 23.7 Å². The monoisotopic (exact) mass is 574 g/mol. The third-order valence-electron chi connectivity index (χ3n) is 4.87. The average Bonchev–Trinajstić information content (AvgIpc) is 2.87. The van der Waals surface area contributed by atoms with Gasteiger partial charge in [0, 0.05) is 10.6 Å². The maximum absolute atomic E-state index is 12.6. The molecule has 3 aromatic carbocycles. The minimum absolute atomic E-state index is 0.324. The number of ether oxygens (including phenoxy) is 4. The first-order valence-electron chi connectivity index (χ1n) is 11.4. The van der Waals surface area contributed by atoms with E-state index in [-0.39, 0.29) is 5.91 Å². The molecule has 0 aliphatic rings. The fraction of sp³-hybridized carbons (Fsp3) is 0.259. The molecule has 0 radical (unpaired) electrons. The molecule has 1 amide bonds. The van der Waals surface area contributed by atoms with Crippen molar-refractivity contribution in [3.63, 3.8) is 0 Å². The Morgan fingerprint density at radius 2 is 1.86 bits per heavy atom. The number of amides is 1. The van der Waals surface area contributed by atoms with Crippen molar-refractivity contribution in [3.8, 4) is 23.0 Å². The Morgan fingerprint density at radius 1 is 1.03 bits per heavy atom. The summed E-state index contributed by atoms with van der Waals surface area (Å²) in [7, 11) is 1.56. The molecule has 9 heteroatoms. The van der Waals surface area contributed by atoms with Crippen LogP contribution in [0, 0.1) is 0 Å². The van der Waals surface area contributed by atoms with Crippen LogP contribution in [0.3, 0.4) is 0 Å². The lowest BCUT2D eigenvalue weighted by atomic mass is 10.2. The van der Waals surface area contributed by atoms with Gasteiger partial charge >= 0.3 is 0 Å². The Kier molecular flexibility index (Phi) is 10.5. The number of nitrogens with one attached hydrogen (secondary N) is 1. The predicted molar refractivity (Wildman–Crippen MR) is 145 cm³/mol. The van der Waals surface area contributed by atoms with Gasteiger partial charge < -0.3 is 18.9 Å². The molecular formula is C27H28BrClN2O5. The quantitative estimate of drug-likeness (QED) is 0.193. The molecule has 0 bridgehead atoms. The fourth-order valence-electron chi connectivity index (χ4n) is 3.22. The molecule has 0 unspecified atom stereocenters. The molecular weight excluding hydrogens is 548 g/mol. The van der Waals surface area contributed by atoms with E-state index in [1.165, 1.54) is 6.21 Å². The van der Waals surface area contributed by atoms with E-state index in [4.69, 9.17) is 30.5 Å². The van der Waals surface area contributed by atoms with E-state index in [0.29, 0.717) is 63.4 Å². The number of hydrogen-bond acceptors (Lipinski definition) is 6. The zero-order valence-electron chi connectivity index (χ0n) is 20.3. The third-order valence-corrected chi connectivity index (χ3v) is 5.70. The van der Waals surface area contributed by atoms with E-state index in [2.05, 4.69) is 26.5 Å².